The summed E-state index contributed by atoms with van der Waals surface area (Å²) < 4.78 is 11.8. The van der Waals surface area contributed by atoms with Crippen molar-refractivity contribution in [2.75, 3.05) is 13.2 Å². The molecule has 1 aromatic heterocycles. The summed E-state index contributed by atoms with van der Waals surface area (Å²) in [6.07, 6.45) is 3.35. The number of carboxylic acids is 1. The molecule has 0 spiro atoms. The summed E-state index contributed by atoms with van der Waals surface area (Å²) in [5.41, 5.74) is 3.38. The third-order valence-corrected chi connectivity index (χ3v) is 6.60. The smallest absolute Gasteiger partial charge is 0.323 e. The monoisotopic (exact) mass is 448 g/mol. The fourth-order valence-electron chi connectivity index (χ4n) is 4.33. The fourth-order valence-corrected chi connectivity index (χ4v) is 4.33. The lowest BCUT2D eigenvalue weighted by atomic mass is 9.88. The molecule has 0 radical (unpaired) electrons. The Kier molecular flexibility index (Phi) is 6.84. The van der Waals surface area contributed by atoms with Crippen molar-refractivity contribution in [3.05, 3.63) is 71.1 Å². The first-order chi connectivity index (χ1) is 15.8. The van der Waals surface area contributed by atoms with Gasteiger partial charge < -0.3 is 14.3 Å². The molecule has 0 aliphatic carbocycles. The van der Waals surface area contributed by atoms with E-state index in [1.807, 2.05) is 50.2 Å². The van der Waals surface area contributed by atoms with E-state index < -0.39 is 11.5 Å². The second-order valence-electron chi connectivity index (χ2n) is 9.09. The van der Waals surface area contributed by atoms with Gasteiger partial charge in [-0.1, -0.05) is 29.8 Å². The number of carbonyl (C=O) groups is 1. The van der Waals surface area contributed by atoms with Crippen LogP contribution in [-0.2, 0) is 17.8 Å². The molecule has 2 aromatic carbocycles. The zero-order valence-corrected chi connectivity index (χ0v) is 19.6. The molecular formula is C27H32N2O4. The molecule has 174 valence electrons. The lowest BCUT2D eigenvalue weighted by molar-refractivity contribution is -0.153. The molecule has 1 saturated heterocycles. The molecular weight excluding hydrogens is 416 g/mol. The summed E-state index contributed by atoms with van der Waals surface area (Å²) in [6.45, 7) is 7.76. The SMILES string of the molecule is Cc1ccc(-c2nc(CCOc3ccc(CN4CCCCC4(C)C(=O)O)cc3)c(C)o2)cc1. The maximum absolute atomic E-state index is 11.8. The van der Waals surface area contributed by atoms with Crippen molar-refractivity contribution >= 4 is 5.97 Å². The first kappa shape index (κ1) is 23.1. The molecule has 3 aromatic rings. The number of nitrogens with zero attached hydrogens (tertiary/aromatic N) is 2. The minimum atomic E-state index is -0.791. The Bertz CT molecular complexity index is 1090. The minimum Gasteiger partial charge on any atom is -0.493 e. The maximum Gasteiger partial charge on any atom is 0.323 e. The average Bonchev–Trinajstić information content (AvgIpc) is 3.17. The summed E-state index contributed by atoms with van der Waals surface area (Å²) in [7, 11) is 0. The molecule has 1 atom stereocenters. The number of aryl methyl sites for hydroxylation is 2. The fraction of sp³-hybridized carbons (Fsp3) is 0.407. The number of piperidine rings is 1. The lowest BCUT2D eigenvalue weighted by Gasteiger charge is -2.41. The van der Waals surface area contributed by atoms with Crippen molar-refractivity contribution in [2.45, 2.75) is 58.5 Å². The largest absolute Gasteiger partial charge is 0.493 e. The van der Waals surface area contributed by atoms with Crippen LogP contribution in [0, 0.1) is 13.8 Å². The van der Waals surface area contributed by atoms with Crippen molar-refractivity contribution < 1.29 is 19.1 Å². The molecule has 0 amide bonds. The van der Waals surface area contributed by atoms with Gasteiger partial charge in [-0.15, -0.1) is 0 Å². The van der Waals surface area contributed by atoms with Crippen molar-refractivity contribution in [3.8, 4) is 17.2 Å². The van der Waals surface area contributed by atoms with Gasteiger partial charge >= 0.3 is 5.97 Å². The van der Waals surface area contributed by atoms with E-state index in [1.165, 1.54) is 5.56 Å². The Morgan fingerprint density at radius 1 is 1.12 bits per heavy atom. The van der Waals surface area contributed by atoms with Gasteiger partial charge in [0.25, 0.3) is 0 Å². The minimum absolute atomic E-state index is 0.503. The molecule has 4 rings (SSSR count). The first-order valence-electron chi connectivity index (χ1n) is 11.6. The molecule has 1 aliphatic heterocycles. The van der Waals surface area contributed by atoms with Crippen LogP contribution in [0.2, 0.25) is 0 Å². The molecule has 0 bridgehead atoms. The number of benzene rings is 2. The summed E-state index contributed by atoms with van der Waals surface area (Å²) in [5.74, 6) is 1.50. The quantitative estimate of drug-likeness (QED) is 0.497. The van der Waals surface area contributed by atoms with E-state index in [-0.39, 0.29) is 0 Å². The first-order valence-corrected chi connectivity index (χ1v) is 11.6. The van der Waals surface area contributed by atoms with Crippen LogP contribution < -0.4 is 4.74 Å². The predicted molar refractivity (Wildman–Crippen MR) is 127 cm³/mol. The van der Waals surface area contributed by atoms with Crippen molar-refractivity contribution in [1.82, 2.24) is 9.88 Å². The third kappa shape index (κ3) is 5.28. The second kappa shape index (κ2) is 9.79. The van der Waals surface area contributed by atoms with E-state index in [0.717, 1.165) is 47.7 Å². The van der Waals surface area contributed by atoms with E-state index >= 15 is 0 Å². The zero-order valence-electron chi connectivity index (χ0n) is 19.6. The number of hydrogen-bond acceptors (Lipinski definition) is 5. The Labute approximate surface area is 195 Å². The second-order valence-corrected chi connectivity index (χ2v) is 9.09. The standard InChI is InChI=1S/C27H32N2O4/c1-19-6-10-22(11-7-19)25-28-24(20(2)33-25)14-17-32-23-12-8-21(9-13-23)18-29-16-5-4-15-27(29,3)26(30)31/h6-13H,4-5,14-18H2,1-3H3,(H,30,31). The van der Waals surface area contributed by atoms with Crippen LogP contribution in [-0.4, -0.2) is 39.7 Å². The van der Waals surface area contributed by atoms with Crippen molar-refractivity contribution in [3.63, 3.8) is 0 Å². The van der Waals surface area contributed by atoms with E-state index in [9.17, 15) is 9.90 Å². The highest BCUT2D eigenvalue weighted by Crippen LogP contribution is 2.30. The third-order valence-electron chi connectivity index (χ3n) is 6.60. The van der Waals surface area contributed by atoms with Gasteiger partial charge in [0.05, 0.1) is 12.3 Å². The molecule has 1 fully saturated rings. The van der Waals surface area contributed by atoms with Crippen LogP contribution in [0.1, 0.15) is 48.8 Å². The predicted octanol–water partition coefficient (Wildman–Crippen LogP) is 5.41. The summed E-state index contributed by atoms with van der Waals surface area (Å²) >= 11 is 0. The Morgan fingerprint density at radius 3 is 2.55 bits per heavy atom. The highest BCUT2D eigenvalue weighted by atomic mass is 16.5. The van der Waals surface area contributed by atoms with E-state index in [0.29, 0.717) is 31.9 Å². The van der Waals surface area contributed by atoms with Crippen molar-refractivity contribution in [2.24, 2.45) is 0 Å². The molecule has 2 heterocycles. The molecule has 0 saturated carbocycles. The topological polar surface area (TPSA) is 75.8 Å². The normalized spacial score (nSPS) is 18.9. The Hall–Kier alpha value is -3.12. The highest BCUT2D eigenvalue weighted by molar-refractivity contribution is 5.78. The van der Waals surface area contributed by atoms with Gasteiger partial charge in [-0.25, -0.2) is 4.98 Å². The summed E-state index contributed by atoms with van der Waals surface area (Å²) in [6, 6.07) is 16.1. The number of ether oxygens (including phenoxy) is 1. The number of likely N-dealkylation sites (tertiary alicyclic amines) is 1. The van der Waals surface area contributed by atoms with Crippen LogP contribution >= 0.6 is 0 Å². The Morgan fingerprint density at radius 2 is 1.85 bits per heavy atom. The van der Waals surface area contributed by atoms with Crippen LogP contribution in [0.25, 0.3) is 11.5 Å². The van der Waals surface area contributed by atoms with Gasteiger partial charge in [0, 0.05) is 18.5 Å². The van der Waals surface area contributed by atoms with Gasteiger partial charge in [0.2, 0.25) is 5.89 Å². The van der Waals surface area contributed by atoms with Crippen LogP contribution in [0.15, 0.2) is 52.9 Å². The van der Waals surface area contributed by atoms with Gasteiger partial charge in [-0.2, -0.15) is 0 Å². The number of oxazole rings is 1. The summed E-state index contributed by atoms with van der Waals surface area (Å²) in [4.78, 5) is 18.5. The number of carboxylic acid groups (broad SMARTS) is 1. The lowest BCUT2D eigenvalue weighted by Crippen LogP contribution is -2.54. The van der Waals surface area contributed by atoms with Gasteiger partial charge in [-0.05, 0) is 76.4 Å². The summed E-state index contributed by atoms with van der Waals surface area (Å²) in [5, 5.41) is 9.70. The zero-order chi connectivity index (χ0) is 23.4. The molecule has 33 heavy (non-hydrogen) atoms. The number of hydrogen-bond donors (Lipinski definition) is 1. The van der Waals surface area contributed by atoms with E-state index in [2.05, 4.69) is 28.9 Å². The van der Waals surface area contributed by atoms with Gasteiger partial charge in [-0.3, -0.25) is 9.69 Å². The molecule has 6 nitrogen and oxygen atoms in total. The number of aliphatic carboxylic acids is 1. The van der Waals surface area contributed by atoms with Crippen LogP contribution in [0.3, 0.4) is 0 Å². The van der Waals surface area contributed by atoms with Crippen molar-refractivity contribution in [1.29, 1.82) is 0 Å². The van der Waals surface area contributed by atoms with E-state index in [1.54, 1.807) is 0 Å². The van der Waals surface area contributed by atoms with Gasteiger partial charge in [0.15, 0.2) is 0 Å². The molecule has 1 aliphatic rings. The van der Waals surface area contributed by atoms with Crippen LogP contribution in [0.5, 0.6) is 5.75 Å². The van der Waals surface area contributed by atoms with E-state index in [4.69, 9.17) is 9.15 Å². The molecule has 1 N–H and O–H groups in total. The maximum atomic E-state index is 11.8. The number of rotatable bonds is 8. The highest BCUT2D eigenvalue weighted by Gasteiger charge is 2.41. The average molecular weight is 449 g/mol. The molecule has 6 heteroatoms. The molecule has 1 unspecified atom stereocenters. The number of aromatic nitrogens is 1. The van der Waals surface area contributed by atoms with Crippen LogP contribution in [0.4, 0.5) is 0 Å². The van der Waals surface area contributed by atoms with Gasteiger partial charge in [0.1, 0.15) is 17.0 Å². The Balaban J connectivity index is 1.32.